The summed E-state index contributed by atoms with van der Waals surface area (Å²) >= 11 is 0. The summed E-state index contributed by atoms with van der Waals surface area (Å²) in [6.07, 6.45) is -4.60. The molecule has 1 saturated heterocycles. The molecule has 1 aliphatic rings. The zero-order chi connectivity index (χ0) is 17.7. The molecule has 134 valence electrons. The van der Waals surface area contributed by atoms with E-state index in [4.69, 9.17) is 4.74 Å². The fraction of sp³-hybridized carbons (Fsp3) is 0.562. The highest BCUT2D eigenvalue weighted by molar-refractivity contribution is 5.74. The maximum atomic E-state index is 12.7. The summed E-state index contributed by atoms with van der Waals surface area (Å²) in [6.45, 7) is 2.75. The SMILES string of the molecule is C[C@@H](O)C[C@H]1COCCN1C(=O)NCc1cccc(C(F)(F)F)c1. The van der Waals surface area contributed by atoms with E-state index in [0.717, 1.165) is 12.1 Å². The van der Waals surface area contributed by atoms with Crippen LogP contribution in [0.1, 0.15) is 24.5 Å². The van der Waals surface area contributed by atoms with Crippen molar-refractivity contribution in [2.75, 3.05) is 19.8 Å². The predicted octanol–water partition coefficient (Wildman–Crippen LogP) is 2.39. The van der Waals surface area contributed by atoms with E-state index < -0.39 is 17.8 Å². The van der Waals surface area contributed by atoms with Gasteiger partial charge in [0.1, 0.15) is 0 Å². The zero-order valence-electron chi connectivity index (χ0n) is 13.3. The predicted molar refractivity (Wildman–Crippen MR) is 81.3 cm³/mol. The smallest absolute Gasteiger partial charge is 0.393 e. The minimum absolute atomic E-state index is 0.00150. The van der Waals surface area contributed by atoms with Gasteiger partial charge in [0.2, 0.25) is 0 Å². The largest absolute Gasteiger partial charge is 0.416 e. The number of alkyl halides is 3. The average molecular weight is 346 g/mol. The van der Waals surface area contributed by atoms with Gasteiger partial charge in [-0.15, -0.1) is 0 Å². The number of halogens is 3. The summed E-state index contributed by atoms with van der Waals surface area (Å²) in [7, 11) is 0. The fourth-order valence-electron chi connectivity index (χ4n) is 2.65. The Hall–Kier alpha value is -1.80. The molecule has 2 rings (SSSR count). The number of hydrogen-bond acceptors (Lipinski definition) is 3. The third kappa shape index (κ3) is 5.10. The van der Waals surface area contributed by atoms with E-state index in [0.29, 0.717) is 31.7 Å². The maximum Gasteiger partial charge on any atom is 0.416 e. The number of aliphatic hydroxyl groups is 1. The third-order valence-corrected chi connectivity index (χ3v) is 3.80. The average Bonchev–Trinajstić information content (AvgIpc) is 2.52. The van der Waals surface area contributed by atoms with Crippen LogP contribution in [0.4, 0.5) is 18.0 Å². The van der Waals surface area contributed by atoms with Crippen molar-refractivity contribution < 1.29 is 27.8 Å². The van der Waals surface area contributed by atoms with Gasteiger partial charge < -0.3 is 20.1 Å². The molecule has 24 heavy (non-hydrogen) atoms. The molecule has 1 aliphatic heterocycles. The lowest BCUT2D eigenvalue weighted by Gasteiger charge is -2.36. The van der Waals surface area contributed by atoms with E-state index >= 15 is 0 Å². The van der Waals surface area contributed by atoms with Crippen molar-refractivity contribution in [3.8, 4) is 0 Å². The maximum absolute atomic E-state index is 12.7. The Morgan fingerprint density at radius 1 is 1.50 bits per heavy atom. The summed E-state index contributed by atoms with van der Waals surface area (Å²) in [5.41, 5.74) is -0.369. The van der Waals surface area contributed by atoms with Gasteiger partial charge >= 0.3 is 12.2 Å². The van der Waals surface area contributed by atoms with Gasteiger partial charge in [-0.2, -0.15) is 13.2 Å². The van der Waals surface area contributed by atoms with Crippen LogP contribution in [-0.4, -0.2) is 47.9 Å². The van der Waals surface area contributed by atoms with Crippen LogP contribution >= 0.6 is 0 Å². The number of nitrogens with one attached hydrogen (secondary N) is 1. The summed E-state index contributed by atoms with van der Waals surface area (Å²) in [5.74, 6) is 0. The Morgan fingerprint density at radius 2 is 2.25 bits per heavy atom. The Kier molecular flexibility index (Phi) is 6.06. The first kappa shape index (κ1) is 18.5. The minimum atomic E-state index is -4.41. The number of benzene rings is 1. The van der Waals surface area contributed by atoms with Gasteiger partial charge in [0.25, 0.3) is 0 Å². The molecular formula is C16H21F3N2O3. The van der Waals surface area contributed by atoms with Crippen LogP contribution < -0.4 is 5.32 Å². The second-order valence-corrected chi connectivity index (χ2v) is 5.86. The van der Waals surface area contributed by atoms with E-state index in [2.05, 4.69) is 5.32 Å². The highest BCUT2D eigenvalue weighted by atomic mass is 19.4. The third-order valence-electron chi connectivity index (χ3n) is 3.80. The molecule has 2 atom stereocenters. The Bertz CT molecular complexity index is 564. The van der Waals surface area contributed by atoms with Gasteiger partial charge in [0, 0.05) is 13.1 Å². The van der Waals surface area contributed by atoms with Gasteiger partial charge in [-0.1, -0.05) is 12.1 Å². The molecule has 0 aromatic heterocycles. The Labute approximate surface area is 138 Å². The lowest BCUT2D eigenvalue weighted by atomic mass is 10.1. The van der Waals surface area contributed by atoms with Gasteiger partial charge in [-0.05, 0) is 31.0 Å². The molecule has 0 saturated carbocycles. The van der Waals surface area contributed by atoms with Gasteiger partial charge in [0.15, 0.2) is 0 Å². The highest BCUT2D eigenvalue weighted by Crippen LogP contribution is 2.29. The molecule has 1 heterocycles. The number of nitrogens with zero attached hydrogens (tertiary/aromatic N) is 1. The molecule has 0 radical (unpaired) electrons. The van der Waals surface area contributed by atoms with Crippen LogP contribution in [0.2, 0.25) is 0 Å². The topological polar surface area (TPSA) is 61.8 Å². The molecule has 1 fully saturated rings. The van der Waals surface area contributed by atoms with Crippen molar-refractivity contribution in [1.82, 2.24) is 10.2 Å². The standard InChI is InChI=1S/C16H21F3N2O3/c1-11(22)7-14-10-24-6-5-21(14)15(23)20-9-12-3-2-4-13(8-12)16(17,18)19/h2-4,8,11,14,22H,5-7,9-10H2,1H3,(H,20,23)/t11-,14+/m1/s1. The number of aliphatic hydroxyl groups excluding tert-OH is 1. The number of carbonyl (C=O) groups is 1. The quantitative estimate of drug-likeness (QED) is 0.880. The van der Waals surface area contributed by atoms with Crippen molar-refractivity contribution in [3.05, 3.63) is 35.4 Å². The van der Waals surface area contributed by atoms with Crippen molar-refractivity contribution in [2.45, 2.75) is 38.2 Å². The molecular weight excluding hydrogens is 325 g/mol. The van der Waals surface area contributed by atoms with Gasteiger partial charge in [-0.25, -0.2) is 4.79 Å². The van der Waals surface area contributed by atoms with E-state index in [-0.39, 0.29) is 18.6 Å². The highest BCUT2D eigenvalue weighted by Gasteiger charge is 2.31. The van der Waals surface area contributed by atoms with Crippen LogP contribution in [-0.2, 0) is 17.5 Å². The fourth-order valence-corrected chi connectivity index (χ4v) is 2.65. The van der Waals surface area contributed by atoms with E-state index in [1.54, 1.807) is 11.8 Å². The van der Waals surface area contributed by atoms with Crippen LogP contribution in [0, 0.1) is 0 Å². The van der Waals surface area contributed by atoms with Crippen molar-refractivity contribution in [1.29, 1.82) is 0 Å². The molecule has 0 unspecified atom stereocenters. The van der Waals surface area contributed by atoms with E-state index in [1.807, 2.05) is 0 Å². The Morgan fingerprint density at radius 3 is 2.92 bits per heavy atom. The summed E-state index contributed by atoms with van der Waals surface area (Å²) in [6, 6.07) is 4.23. The molecule has 2 N–H and O–H groups in total. The van der Waals surface area contributed by atoms with Crippen molar-refractivity contribution in [2.24, 2.45) is 0 Å². The number of urea groups is 1. The first-order chi connectivity index (χ1) is 11.3. The van der Waals surface area contributed by atoms with Gasteiger partial charge in [-0.3, -0.25) is 0 Å². The number of ether oxygens (including phenoxy) is 1. The molecule has 0 bridgehead atoms. The summed E-state index contributed by atoms with van der Waals surface area (Å²) in [5, 5.41) is 12.1. The number of carbonyl (C=O) groups excluding carboxylic acids is 1. The van der Waals surface area contributed by atoms with Crippen LogP contribution in [0.25, 0.3) is 0 Å². The normalized spacial score (nSPS) is 19.9. The molecule has 8 heteroatoms. The number of rotatable bonds is 4. The Balaban J connectivity index is 1.96. The number of morpholine rings is 1. The second-order valence-electron chi connectivity index (χ2n) is 5.86. The molecule has 2 amide bonds. The monoisotopic (exact) mass is 346 g/mol. The summed E-state index contributed by atoms with van der Waals surface area (Å²) < 4.78 is 43.4. The first-order valence-corrected chi connectivity index (χ1v) is 7.74. The van der Waals surface area contributed by atoms with E-state index in [9.17, 15) is 23.1 Å². The van der Waals surface area contributed by atoms with Crippen LogP contribution in [0.15, 0.2) is 24.3 Å². The zero-order valence-corrected chi connectivity index (χ0v) is 13.3. The number of amides is 2. The van der Waals surface area contributed by atoms with Crippen molar-refractivity contribution >= 4 is 6.03 Å². The lowest BCUT2D eigenvalue weighted by Crippen LogP contribution is -2.53. The van der Waals surface area contributed by atoms with Gasteiger partial charge in [0.05, 0.1) is 30.9 Å². The lowest BCUT2D eigenvalue weighted by molar-refractivity contribution is -0.137. The van der Waals surface area contributed by atoms with Crippen LogP contribution in [0.5, 0.6) is 0 Å². The van der Waals surface area contributed by atoms with Crippen LogP contribution in [0.3, 0.4) is 0 Å². The molecule has 1 aromatic carbocycles. The minimum Gasteiger partial charge on any atom is -0.393 e. The first-order valence-electron chi connectivity index (χ1n) is 7.74. The van der Waals surface area contributed by atoms with E-state index in [1.165, 1.54) is 12.1 Å². The molecule has 0 aliphatic carbocycles. The second kappa shape index (κ2) is 7.85. The number of hydrogen-bond donors (Lipinski definition) is 2. The molecule has 0 spiro atoms. The molecule has 5 nitrogen and oxygen atoms in total. The summed E-state index contributed by atoms with van der Waals surface area (Å²) in [4.78, 5) is 13.9. The van der Waals surface area contributed by atoms with Crippen molar-refractivity contribution in [3.63, 3.8) is 0 Å². The molecule has 1 aromatic rings.